The summed E-state index contributed by atoms with van der Waals surface area (Å²) in [6, 6.07) is 13.7. The first kappa shape index (κ1) is 18.9. The number of carbonyl (C=O) groups is 3. The molecule has 26 heavy (non-hydrogen) atoms. The van der Waals surface area contributed by atoms with Crippen LogP contribution in [0.25, 0.3) is 0 Å². The SMILES string of the molecule is CCc1ccccc1NC(=O)C(=O)Nc1ccccc1OCC(=O)NN. The van der Waals surface area contributed by atoms with Gasteiger partial charge in [-0.15, -0.1) is 0 Å². The molecule has 0 saturated carbocycles. The first-order valence-corrected chi connectivity index (χ1v) is 7.96. The van der Waals surface area contributed by atoms with E-state index in [1.54, 1.807) is 36.4 Å². The number of hydrazine groups is 1. The molecule has 0 aliphatic rings. The van der Waals surface area contributed by atoms with Crippen molar-refractivity contribution in [3.63, 3.8) is 0 Å². The minimum atomic E-state index is -0.852. The number of carbonyl (C=O) groups excluding carboxylic acids is 3. The topological polar surface area (TPSA) is 123 Å². The average Bonchev–Trinajstić information content (AvgIpc) is 2.67. The molecule has 2 aromatic rings. The number of nitrogens with one attached hydrogen (secondary N) is 3. The van der Waals surface area contributed by atoms with Gasteiger partial charge in [-0.3, -0.25) is 19.8 Å². The Morgan fingerprint density at radius 3 is 2.15 bits per heavy atom. The van der Waals surface area contributed by atoms with E-state index in [4.69, 9.17) is 10.6 Å². The Balaban J connectivity index is 2.05. The number of amides is 3. The summed E-state index contributed by atoms with van der Waals surface area (Å²) in [6.45, 7) is 1.63. The molecule has 0 saturated heterocycles. The number of anilines is 2. The molecule has 0 aromatic heterocycles. The van der Waals surface area contributed by atoms with Gasteiger partial charge in [0.1, 0.15) is 5.75 Å². The van der Waals surface area contributed by atoms with E-state index in [1.165, 1.54) is 0 Å². The van der Waals surface area contributed by atoms with Crippen LogP contribution in [0.2, 0.25) is 0 Å². The third-order valence-electron chi connectivity index (χ3n) is 3.51. The van der Waals surface area contributed by atoms with E-state index in [0.717, 1.165) is 12.0 Å². The molecular weight excluding hydrogens is 336 g/mol. The molecule has 5 N–H and O–H groups in total. The molecule has 0 heterocycles. The lowest BCUT2D eigenvalue weighted by molar-refractivity contribution is -0.133. The quantitative estimate of drug-likeness (QED) is 0.268. The average molecular weight is 356 g/mol. The maximum atomic E-state index is 12.2. The van der Waals surface area contributed by atoms with Gasteiger partial charge in [0.15, 0.2) is 6.61 Å². The third kappa shape index (κ3) is 5.05. The minimum Gasteiger partial charge on any atom is -0.482 e. The van der Waals surface area contributed by atoms with Crippen molar-refractivity contribution in [2.45, 2.75) is 13.3 Å². The van der Waals surface area contributed by atoms with Crippen LogP contribution in [0.15, 0.2) is 48.5 Å². The zero-order chi connectivity index (χ0) is 18.9. The lowest BCUT2D eigenvalue weighted by atomic mass is 10.1. The number of hydrogen-bond acceptors (Lipinski definition) is 5. The summed E-state index contributed by atoms with van der Waals surface area (Å²) in [6.07, 6.45) is 0.720. The summed E-state index contributed by atoms with van der Waals surface area (Å²) < 4.78 is 5.29. The normalized spacial score (nSPS) is 9.92. The Labute approximate surface area is 150 Å². The minimum absolute atomic E-state index is 0.242. The summed E-state index contributed by atoms with van der Waals surface area (Å²) in [5.74, 6) is 3.05. The van der Waals surface area contributed by atoms with Crippen molar-refractivity contribution in [2.24, 2.45) is 5.84 Å². The van der Waals surface area contributed by atoms with Gasteiger partial charge in [-0.25, -0.2) is 5.84 Å². The third-order valence-corrected chi connectivity index (χ3v) is 3.51. The fraction of sp³-hybridized carbons (Fsp3) is 0.167. The van der Waals surface area contributed by atoms with Crippen molar-refractivity contribution in [1.82, 2.24) is 5.43 Å². The summed E-state index contributed by atoms with van der Waals surface area (Å²) in [4.78, 5) is 35.5. The molecule has 0 bridgehead atoms. The monoisotopic (exact) mass is 356 g/mol. The van der Waals surface area contributed by atoms with Gasteiger partial charge in [0, 0.05) is 5.69 Å². The predicted molar refractivity (Wildman–Crippen MR) is 97.3 cm³/mol. The summed E-state index contributed by atoms with van der Waals surface area (Å²) in [7, 11) is 0. The Hall–Kier alpha value is -3.39. The standard InChI is InChI=1S/C18H20N4O4/c1-2-12-7-3-4-8-13(12)20-17(24)18(25)21-14-9-5-6-10-15(14)26-11-16(23)22-19/h3-10H,2,11,19H2,1H3,(H,20,24)(H,21,25)(H,22,23). The van der Waals surface area contributed by atoms with Gasteiger partial charge in [0.2, 0.25) is 0 Å². The molecule has 0 unspecified atom stereocenters. The highest BCUT2D eigenvalue weighted by Crippen LogP contribution is 2.23. The Kier molecular flexibility index (Phi) is 6.69. The molecule has 8 heteroatoms. The van der Waals surface area contributed by atoms with Gasteiger partial charge in [-0.1, -0.05) is 37.3 Å². The van der Waals surface area contributed by atoms with Gasteiger partial charge < -0.3 is 15.4 Å². The first-order chi connectivity index (χ1) is 12.5. The Morgan fingerprint density at radius 2 is 1.50 bits per heavy atom. The second-order valence-electron chi connectivity index (χ2n) is 5.27. The zero-order valence-electron chi connectivity index (χ0n) is 14.2. The Morgan fingerprint density at radius 1 is 0.923 bits per heavy atom. The molecule has 0 radical (unpaired) electrons. The van der Waals surface area contributed by atoms with Gasteiger partial charge in [0.05, 0.1) is 5.69 Å². The van der Waals surface area contributed by atoms with Crippen LogP contribution in [0.4, 0.5) is 11.4 Å². The lowest BCUT2D eigenvalue weighted by Gasteiger charge is -2.13. The van der Waals surface area contributed by atoms with Crippen molar-refractivity contribution < 1.29 is 19.1 Å². The number of rotatable bonds is 6. The van der Waals surface area contributed by atoms with E-state index in [-0.39, 0.29) is 18.0 Å². The van der Waals surface area contributed by atoms with Gasteiger partial charge in [0.25, 0.3) is 5.91 Å². The van der Waals surface area contributed by atoms with Crippen molar-refractivity contribution >= 4 is 29.1 Å². The molecule has 0 spiro atoms. The maximum absolute atomic E-state index is 12.2. The van der Waals surface area contributed by atoms with Crippen LogP contribution in [0.1, 0.15) is 12.5 Å². The summed E-state index contributed by atoms with van der Waals surface area (Å²) >= 11 is 0. The number of aryl methyl sites for hydroxylation is 1. The summed E-state index contributed by atoms with van der Waals surface area (Å²) in [5.41, 5.74) is 3.71. The number of nitrogens with two attached hydrogens (primary N) is 1. The smallest absolute Gasteiger partial charge is 0.314 e. The van der Waals surface area contributed by atoms with Crippen LogP contribution >= 0.6 is 0 Å². The number of hydrogen-bond donors (Lipinski definition) is 4. The van der Waals surface area contributed by atoms with Crippen molar-refractivity contribution in [1.29, 1.82) is 0 Å². The van der Waals surface area contributed by atoms with Crippen molar-refractivity contribution in [2.75, 3.05) is 17.2 Å². The molecule has 136 valence electrons. The van der Waals surface area contributed by atoms with Gasteiger partial charge in [-0.05, 0) is 30.2 Å². The number of para-hydroxylation sites is 3. The highest BCUT2D eigenvalue weighted by molar-refractivity contribution is 6.43. The molecular formula is C18H20N4O4. The fourth-order valence-electron chi connectivity index (χ4n) is 2.19. The lowest BCUT2D eigenvalue weighted by Crippen LogP contribution is -2.34. The molecule has 0 atom stereocenters. The van der Waals surface area contributed by atoms with Crippen LogP contribution < -0.4 is 26.6 Å². The van der Waals surface area contributed by atoms with Crippen molar-refractivity contribution in [3.8, 4) is 5.75 Å². The number of ether oxygens (including phenoxy) is 1. The molecule has 2 aromatic carbocycles. The van der Waals surface area contributed by atoms with Crippen LogP contribution in [0.5, 0.6) is 5.75 Å². The fourth-order valence-corrected chi connectivity index (χ4v) is 2.19. The van der Waals surface area contributed by atoms with E-state index < -0.39 is 17.7 Å². The van der Waals surface area contributed by atoms with E-state index in [1.807, 2.05) is 24.5 Å². The molecule has 2 rings (SSSR count). The van der Waals surface area contributed by atoms with E-state index in [0.29, 0.717) is 5.69 Å². The highest BCUT2D eigenvalue weighted by Gasteiger charge is 2.17. The Bertz CT molecular complexity index is 807. The molecule has 0 aliphatic carbocycles. The summed E-state index contributed by atoms with van der Waals surface area (Å²) in [5, 5.41) is 5.06. The zero-order valence-corrected chi connectivity index (χ0v) is 14.2. The maximum Gasteiger partial charge on any atom is 0.314 e. The van der Waals surface area contributed by atoms with Crippen LogP contribution in [-0.4, -0.2) is 24.3 Å². The van der Waals surface area contributed by atoms with Gasteiger partial charge in [-0.2, -0.15) is 0 Å². The largest absolute Gasteiger partial charge is 0.482 e. The second-order valence-corrected chi connectivity index (χ2v) is 5.27. The molecule has 3 amide bonds. The molecule has 8 nitrogen and oxygen atoms in total. The van der Waals surface area contributed by atoms with E-state index >= 15 is 0 Å². The predicted octanol–water partition coefficient (Wildman–Crippen LogP) is 1.19. The number of benzene rings is 2. The van der Waals surface area contributed by atoms with E-state index in [9.17, 15) is 14.4 Å². The first-order valence-electron chi connectivity index (χ1n) is 7.96. The molecule has 0 aliphatic heterocycles. The second kappa shape index (κ2) is 9.19. The van der Waals surface area contributed by atoms with Crippen molar-refractivity contribution in [3.05, 3.63) is 54.1 Å². The van der Waals surface area contributed by atoms with E-state index in [2.05, 4.69) is 10.6 Å². The highest BCUT2D eigenvalue weighted by atomic mass is 16.5. The molecule has 0 fully saturated rings. The van der Waals surface area contributed by atoms with Crippen LogP contribution in [0, 0.1) is 0 Å². The van der Waals surface area contributed by atoms with Crippen LogP contribution in [0.3, 0.4) is 0 Å². The van der Waals surface area contributed by atoms with Gasteiger partial charge >= 0.3 is 11.8 Å². The van der Waals surface area contributed by atoms with Crippen LogP contribution in [-0.2, 0) is 20.8 Å².